The third-order valence-corrected chi connectivity index (χ3v) is 5.84. The van der Waals surface area contributed by atoms with Crippen molar-refractivity contribution in [1.29, 1.82) is 0 Å². The predicted molar refractivity (Wildman–Crippen MR) is 94.0 cm³/mol. The van der Waals surface area contributed by atoms with Crippen LogP contribution in [0.2, 0.25) is 0 Å². The van der Waals surface area contributed by atoms with E-state index in [2.05, 4.69) is 10.2 Å². The minimum Gasteiger partial charge on any atom is -0.496 e. The molecule has 1 saturated heterocycles. The molecule has 0 aromatic heterocycles. The third-order valence-electron chi connectivity index (χ3n) is 4.93. The Morgan fingerprint density at radius 2 is 2.12 bits per heavy atom. The van der Waals surface area contributed by atoms with Crippen LogP contribution < -0.4 is 15.2 Å². The smallest absolute Gasteiger partial charge is 0.255 e. The second-order valence-corrected chi connectivity index (χ2v) is 8.41. The number of carbonyl (C=O) groups is 1. The van der Waals surface area contributed by atoms with Gasteiger partial charge in [0.15, 0.2) is 0 Å². The molecule has 0 radical (unpaired) electrons. The highest BCUT2D eigenvalue weighted by Crippen LogP contribution is 2.32. The molecule has 25 heavy (non-hydrogen) atoms. The standard InChI is InChI=1S/C17H25N3O4S/c1-24-16-7-6-14(25(18,22)23)9-15(16)17(21)19-10-13-3-2-8-20(13)11-12-4-5-12/h6-7,9,12-13H,2-5,8,10-11H2,1H3,(H,19,21)(H2,18,22,23)/t13-/m1/s1. The molecule has 0 spiro atoms. The summed E-state index contributed by atoms with van der Waals surface area (Å²) in [5.74, 6) is 0.801. The van der Waals surface area contributed by atoms with E-state index >= 15 is 0 Å². The topological polar surface area (TPSA) is 102 Å². The lowest BCUT2D eigenvalue weighted by atomic mass is 10.1. The number of benzene rings is 1. The Kier molecular flexibility index (Phi) is 5.31. The van der Waals surface area contributed by atoms with Gasteiger partial charge in [-0.05, 0) is 56.3 Å². The summed E-state index contributed by atoms with van der Waals surface area (Å²) in [6.45, 7) is 2.75. The Hall–Kier alpha value is -1.64. The van der Waals surface area contributed by atoms with Crippen molar-refractivity contribution >= 4 is 15.9 Å². The van der Waals surface area contributed by atoms with Gasteiger partial charge in [0.25, 0.3) is 5.91 Å². The molecule has 3 rings (SSSR count). The zero-order chi connectivity index (χ0) is 18.0. The Bertz CT molecular complexity index is 746. The summed E-state index contributed by atoms with van der Waals surface area (Å²) >= 11 is 0. The van der Waals surface area contributed by atoms with E-state index in [0.29, 0.717) is 18.3 Å². The van der Waals surface area contributed by atoms with Crippen LogP contribution in [0.1, 0.15) is 36.0 Å². The molecular weight excluding hydrogens is 342 g/mol. The maximum atomic E-state index is 12.6. The van der Waals surface area contributed by atoms with Crippen LogP contribution in [-0.2, 0) is 10.0 Å². The van der Waals surface area contributed by atoms with E-state index in [-0.39, 0.29) is 16.4 Å². The molecule has 1 heterocycles. The normalized spacial score (nSPS) is 21.3. The van der Waals surface area contributed by atoms with Gasteiger partial charge in [-0.25, -0.2) is 13.6 Å². The van der Waals surface area contributed by atoms with Gasteiger partial charge in [0.05, 0.1) is 17.6 Å². The molecule has 138 valence electrons. The number of sulfonamides is 1. The van der Waals surface area contributed by atoms with Crippen molar-refractivity contribution in [1.82, 2.24) is 10.2 Å². The molecule has 8 heteroatoms. The second-order valence-electron chi connectivity index (χ2n) is 6.85. The zero-order valence-corrected chi connectivity index (χ0v) is 15.2. The third kappa shape index (κ3) is 4.50. The number of nitrogens with two attached hydrogens (primary N) is 1. The van der Waals surface area contributed by atoms with E-state index in [1.807, 2.05) is 0 Å². The quantitative estimate of drug-likeness (QED) is 0.747. The molecule has 1 saturated carbocycles. The fourth-order valence-corrected chi connectivity index (χ4v) is 3.89. The van der Waals surface area contributed by atoms with Crippen LogP contribution in [0, 0.1) is 5.92 Å². The number of hydrogen-bond acceptors (Lipinski definition) is 5. The van der Waals surface area contributed by atoms with Gasteiger partial charge in [0, 0.05) is 19.1 Å². The minimum atomic E-state index is -3.87. The molecule has 0 unspecified atom stereocenters. The molecule has 2 aliphatic rings. The number of nitrogens with one attached hydrogen (secondary N) is 1. The molecule has 1 aliphatic heterocycles. The van der Waals surface area contributed by atoms with E-state index in [1.54, 1.807) is 0 Å². The van der Waals surface area contributed by atoms with Gasteiger partial charge in [-0.3, -0.25) is 9.69 Å². The average Bonchev–Trinajstić information content (AvgIpc) is 3.28. The predicted octanol–water partition coefficient (Wildman–Crippen LogP) is 0.947. The molecule has 0 bridgehead atoms. The van der Waals surface area contributed by atoms with Crippen LogP contribution in [0.4, 0.5) is 0 Å². The van der Waals surface area contributed by atoms with Crippen LogP contribution in [-0.4, -0.2) is 52.0 Å². The summed E-state index contributed by atoms with van der Waals surface area (Å²) in [5.41, 5.74) is 0.181. The average molecular weight is 367 g/mol. The number of ether oxygens (including phenoxy) is 1. The Labute approximate surface area is 148 Å². The Balaban J connectivity index is 1.67. The monoisotopic (exact) mass is 367 g/mol. The van der Waals surface area contributed by atoms with Crippen molar-refractivity contribution in [2.24, 2.45) is 11.1 Å². The zero-order valence-electron chi connectivity index (χ0n) is 14.4. The summed E-state index contributed by atoms with van der Waals surface area (Å²) in [6, 6.07) is 4.39. The molecule has 3 N–H and O–H groups in total. The molecule has 1 amide bonds. The number of primary sulfonamides is 1. The number of carbonyl (C=O) groups excluding carboxylic acids is 1. The van der Waals surface area contributed by atoms with Crippen molar-refractivity contribution in [3.63, 3.8) is 0 Å². The van der Waals surface area contributed by atoms with Gasteiger partial charge < -0.3 is 10.1 Å². The first-order valence-electron chi connectivity index (χ1n) is 8.61. The van der Waals surface area contributed by atoms with Crippen molar-refractivity contribution in [3.8, 4) is 5.75 Å². The SMILES string of the molecule is COc1ccc(S(N)(=O)=O)cc1C(=O)NC[C@H]1CCCN1CC1CC1. The van der Waals surface area contributed by atoms with Crippen molar-refractivity contribution in [2.75, 3.05) is 26.7 Å². The molecule has 1 aromatic carbocycles. The largest absolute Gasteiger partial charge is 0.496 e. The molecule has 1 aromatic rings. The summed E-state index contributed by atoms with van der Waals surface area (Å²) in [7, 11) is -2.43. The van der Waals surface area contributed by atoms with Crippen molar-refractivity contribution in [2.45, 2.75) is 36.6 Å². The number of nitrogens with zero attached hydrogens (tertiary/aromatic N) is 1. The van der Waals surface area contributed by atoms with Gasteiger partial charge in [-0.15, -0.1) is 0 Å². The Morgan fingerprint density at radius 1 is 1.36 bits per heavy atom. The lowest BCUT2D eigenvalue weighted by Gasteiger charge is -2.24. The highest BCUT2D eigenvalue weighted by atomic mass is 32.2. The summed E-state index contributed by atoms with van der Waals surface area (Å²) < 4.78 is 28.2. The first kappa shape index (κ1) is 18.2. The van der Waals surface area contributed by atoms with E-state index in [1.165, 1.54) is 38.2 Å². The fraction of sp³-hybridized carbons (Fsp3) is 0.588. The molecule has 7 nitrogen and oxygen atoms in total. The number of rotatable bonds is 7. The van der Waals surface area contributed by atoms with Gasteiger partial charge >= 0.3 is 0 Å². The van der Waals surface area contributed by atoms with Crippen LogP contribution in [0.3, 0.4) is 0 Å². The van der Waals surface area contributed by atoms with Gasteiger partial charge in [-0.1, -0.05) is 0 Å². The van der Waals surface area contributed by atoms with E-state index in [9.17, 15) is 13.2 Å². The fourth-order valence-electron chi connectivity index (χ4n) is 3.35. The van der Waals surface area contributed by atoms with E-state index < -0.39 is 10.0 Å². The Morgan fingerprint density at radius 3 is 2.76 bits per heavy atom. The number of likely N-dealkylation sites (tertiary alicyclic amines) is 1. The maximum absolute atomic E-state index is 12.6. The summed E-state index contributed by atoms with van der Waals surface area (Å²) in [4.78, 5) is 14.9. The van der Waals surface area contributed by atoms with Crippen LogP contribution in [0.15, 0.2) is 23.1 Å². The summed E-state index contributed by atoms with van der Waals surface area (Å²) in [6.07, 6.45) is 4.85. The van der Waals surface area contributed by atoms with Gasteiger partial charge in [0.1, 0.15) is 5.75 Å². The first-order valence-corrected chi connectivity index (χ1v) is 10.2. The minimum absolute atomic E-state index is 0.102. The lowest BCUT2D eigenvalue weighted by molar-refractivity contribution is 0.0937. The van der Waals surface area contributed by atoms with Gasteiger partial charge in [-0.2, -0.15) is 0 Å². The number of methoxy groups -OCH3 is 1. The number of amides is 1. The molecule has 1 aliphatic carbocycles. The lowest BCUT2D eigenvalue weighted by Crippen LogP contribution is -2.41. The molecule has 1 atom stereocenters. The van der Waals surface area contributed by atoms with Gasteiger partial charge in [0.2, 0.25) is 10.0 Å². The molecular formula is C17H25N3O4S. The maximum Gasteiger partial charge on any atom is 0.255 e. The number of hydrogen-bond donors (Lipinski definition) is 2. The second kappa shape index (κ2) is 7.31. The van der Waals surface area contributed by atoms with E-state index in [0.717, 1.165) is 31.8 Å². The van der Waals surface area contributed by atoms with Crippen molar-refractivity contribution in [3.05, 3.63) is 23.8 Å². The highest BCUT2D eigenvalue weighted by Gasteiger charge is 2.31. The van der Waals surface area contributed by atoms with Crippen LogP contribution in [0.5, 0.6) is 5.75 Å². The summed E-state index contributed by atoms with van der Waals surface area (Å²) in [5, 5.41) is 8.08. The van der Waals surface area contributed by atoms with Crippen LogP contribution in [0.25, 0.3) is 0 Å². The first-order chi connectivity index (χ1) is 11.9. The molecule has 2 fully saturated rings. The van der Waals surface area contributed by atoms with Crippen LogP contribution >= 0.6 is 0 Å². The van der Waals surface area contributed by atoms with Crippen molar-refractivity contribution < 1.29 is 17.9 Å². The van der Waals surface area contributed by atoms with E-state index in [4.69, 9.17) is 9.88 Å². The highest BCUT2D eigenvalue weighted by molar-refractivity contribution is 7.89.